The zero-order valence-corrected chi connectivity index (χ0v) is 13.9. The van der Waals surface area contributed by atoms with Gasteiger partial charge in [-0.15, -0.1) is 0 Å². The predicted molar refractivity (Wildman–Crippen MR) is 85.5 cm³/mol. The Morgan fingerprint density at radius 1 is 1.30 bits per heavy atom. The monoisotopic (exact) mass is 319 g/mol. The highest BCUT2D eigenvalue weighted by atomic mass is 19.1. The van der Waals surface area contributed by atoms with E-state index in [-0.39, 0.29) is 5.82 Å². The first kappa shape index (κ1) is 17.0. The van der Waals surface area contributed by atoms with Crippen LogP contribution in [-0.4, -0.2) is 21.5 Å². The minimum absolute atomic E-state index is 0.257. The van der Waals surface area contributed by atoms with E-state index in [9.17, 15) is 9.18 Å². The van der Waals surface area contributed by atoms with Crippen molar-refractivity contribution >= 4 is 6.09 Å². The van der Waals surface area contributed by atoms with Crippen LogP contribution >= 0.6 is 0 Å². The van der Waals surface area contributed by atoms with E-state index in [2.05, 4.69) is 10.4 Å². The molecule has 0 spiro atoms. The van der Waals surface area contributed by atoms with E-state index in [1.807, 2.05) is 33.9 Å². The Morgan fingerprint density at radius 2 is 1.96 bits per heavy atom. The number of carbonyl (C=O) groups is 1. The molecule has 23 heavy (non-hydrogen) atoms. The summed E-state index contributed by atoms with van der Waals surface area (Å²) in [5.41, 5.74) is 2.19. The van der Waals surface area contributed by atoms with Crippen LogP contribution in [0.15, 0.2) is 30.5 Å². The van der Waals surface area contributed by atoms with Gasteiger partial charge in [0, 0.05) is 18.3 Å². The zero-order valence-electron chi connectivity index (χ0n) is 13.9. The van der Waals surface area contributed by atoms with Gasteiger partial charge < -0.3 is 10.1 Å². The van der Waals surface area contributed by atoms with Crippen molar-refractivity contribution in [3.63, 3.8) is 0 Å². The molecule has 1 amide bonds. The molecule has 1 aromatic carbocycles. The van der Waals surface area contributed by atoms with Crippen LogP contribution in [0.5, 0.6) is 0 Å². The van der Waals surface area contributed by atoms with E-state index in [0.717, 1.165) is 16.8 Å². The maximum atomic E-state index is 12.9. The van der Waals surface area contributed by atoms with E-state index in [1.54, 1.807) is 16.8 Å². The van der Waals surface area contributed by atoms with Gasteiger partial charge in [0.15, 0.2) is 0 Å². The Balaban J connectivity index is 1.95. The fraction of sp³-hybridized carbons (Fsp3) is 0.412. The highest BCUT2D eigenvalue weighted by molar-refractivity contribution is 5.67. The van der Waals surface area contributed by atoms with Gasteiger partial charge in [-0.2, -0.15) is 5.10 Å². The van der Waals surface area contributed by atoms with Crippen molar-refractivity contribution < 1.29 is 13.9 Å². The van der Waals surface area contributed by atoms with Crippen LogP contribution in [0.25, 0.3) is 0 Å². The fourth-order valence-electron chi connectivity index (χ4n) is 2.07. The lowest BCUT2D eigenvalue weighted by Gasteiger charge is -2.19. The normalized spacial score (nSPS) is 11.3. The van der Waals surface area contributed by atoms with Crippen molar-refractivity contribution in [2.45, 2.75) is 46.4 Å². The number of rotatable bonds is 4. The third-order valence-corrected chi connectivity index (χ3v) is 3.13. The van der Waals surface area contributed by atoms with E-state index in [4.69, 9.17) is 4.74 Å². The third-order valence-electron chi connectivity index (χ3n) is 3.13. The first-order valence-corrected chi connectivity index (χ1v) is 7.47. The van der Waals surface area contributed by atoms with E-state index in [0.29, 0.717) is 13.1 Å². The van der Waals surface area contributed by atoms with Crippen LogP contribution in [-0.2, 0) is 17.8 Å². The van der Waals surface area contributed by atoms with Gasteiger partial charge in [-0.25, -0.2) is 9.18 Å². The number of hydrogen-bond donors (Lipinski definition) is 1. The molecular weight excluding hydrogens is 297 g/mol. The minimum atomic E-state index is -0.522. The number of carbonyl (C=O) groups excluding carboxylic acids is 1. The molecule has 0 saturated carbocycles. The summed E-state index contributed by atoms with van der Waals surface area (Å²) in [6.07, 6.45) is 1.42. The lowest BCUT2D eigenvalue weighted by molar-refractivity contribution is 0.0523. The van der Waals surface area contributed by atoms with Crippen LogP contribution in [0, 0.1) is 12.7 Å². The van der Waals surface area contributed by atoms with Crippen molar-refractivity contribution in [3.05, 3.63) is 53.1 Å². The molecule has 0 fully saturated rings. The summed E-state index contributed by atoms with van der Waals surface area (Å²) < 4.78 is 19.9. The predicted octanol–water partition coefficient (Wildman–Crippen LogP) is 3.40. The van der Waals surface area contributed by atoms with Gasteiger partial charge in [0.05, 0.1) is 12.2 Å². The molecule has 5 nitrogen and oxygen atoms in total. The molecule has 0 bridgehead atoms. The summed E-state index contributed by atoms with van der Waals surface area (Å²) >= 11 is 0. The summed E-state index contributed by atoms with van der Waals surface area (Å²) in [5.74, 6) is -0.257. The van der Waals surface area contributed by atoms with E-state index < -0.39 is 11.7 Å². The van der Waals surface area contributed by atoms with Crippen molar-refractivity contribution in [2.24, 2.45) is 0 Å². The smallest absolute Gasteiger partial charge is 0.407 e. The highest BCUT2D eigenvalue weighted by Crippen LogP contribution is 2.10. The molecule has 0 saturated heterocycles. The second kappa shape index (κ2) is 6.81. The van der Waals surface area contributed by atoms with Crippen molar-refractivity contribution in [2.75, 3.05) is 0 Å². The summed E-state index contributed by atoms with van der Waals surface area (Å²) in [4.78, 5) is 11.7. The zero-order chi connectivity index (χ0) is 17.0. The van der Waals surface area contributed by atoms with Crippen molar-refractivity contribution in [1.29, 1.82) is 0 Å². The number of alkyl carbamates (subject to hydrolysis) is 1. The minimum Gasteiger partial charge on any atom is -0.444 e. The number of ether oxygens (including phenoxy) is 1. The number of benzene rings is 1. The largest absolute Gasteiger partial charge is 0.444 e. The Labute approximate surface area is 135 Å². The van der Waals surface area contributed by atoms with Gasteiger partial charge in [0.25, 0.3) is 0 Å². The Kier molecular flexibility index (Phi) is 5.03. The van der Waals surface area contributed by atoms with E-state index >= 15 is 0 Å². The molecule has 2 rings (SSSR count). The first-order chi connectivity index (χ1) is 10.7. The van der Waals surface area contributed by atoms with Crippen LogP contribution < -0.4 is 5.32 Å². The number of hydrogen-bond acceptors (Lipinski definition) is 3. The molecule has 0 radical (unpaired) electrons. The molecule has 6 heteroatoms. The second-order valence-electron chi connectivity index (χ2n) is 6.42. The second-order valence-corrected chi connectivity index (χ2v) is 6.42. The van der Waals surface area contributed by atoms with Gasteiger partial charge in [-0.3, -0.25) is 4.68 Å². The number of aromatic nitrogens is 2. The van der Waals surface area contributed by atoms with E-state index in [1.165, 1.54) is 12.1 Å². The van der Waals surface area contributed by atoms with Crippen molar-refractivity contribution in [3.8, 4) is 0 Å². The van der Waals surface area contributed by atoms with Gasteiger partial charge in [0.1, 0.15) is 11.4 Å². The summed E-state index contributed by atoms with van der Waals surface area (Å²) in [6.45, 7) is 8.24. The maximum absolute atomic E-state index is 12.9. The molecule has 0 aliphatic carbocycles. The average Bonchev–Trinajstić information content (AvgIpc) is 2.77. The number of nitrogens with one attached hydrogen (secondary N) is 1. The molecule has 0 atom stereocenters. The summed E-state index contributed by atoms with van der Waals surface area (Å²) in [7, 11) is 0. The lowest BCUT2D eigenvalue weighted by atomic mass is 10.2. The molecule has 1 aromatic heterocycles. The quantitative estimate of drug-likeness (QED) is 0.939. The van der Waals surface area contributed by atoms with Crippen molar-refractivity contribution in [1.82, 2.24) is 15.1 Å². The molecule has 0 aliphatic rings. The van der Waals surface area contributed by atoms with Crippen LogP contribution in [0.2, 0.25) is 0 Å². The van der Waals surface area contributed by atoms with Crippen LogP contribution in [0.1, 0.15) is 37.6 Å². The number of nitrogens with zero attached hydrogens (tertiary/aromatic N) is 2. The standard InChI is InChI=1S/C17H22FN3O2/c1-12-14(9-19-16(22)23-17(2,3)4)11-21(20-12)10-13-5-7-15(18)8-6-13/h5-8,11H,9-10H2,1-4H3,(H,19,22). The van der Waals surface area contributed by atoms with Gasteiger partial charge in [-0.05, 0) is 45.4 Å². The molecule has 0 aliphatic heterocycles. The Bertz CT molecular complexity index is 672. The van der Waals surface area contributed by atoms with Gasteiger partial charge >= 0.3 is 6.09 Å². The SMILES string of the molecule is Cc1nn(Cc2ccc(F)cc2)cc1CNC(=O)OC(C)(C)C. The summed E-state index contributed by atoms with van der Waals surface area (Å²) in [6, 6.07) is 6.31. The van der Waals surface area contributed by atoms with Gasteiger partial charge in [0.2, 0.25) is 0 Å². The maximum Gasteiger partial charge on any atom is 0.407 e. The average molecular weight is 319 g/mol. The first-order valence-electron chi connectivity index (χ1n) is 7.47. The lowest BCUT2D eigenvalue weighted by Crippen LogP contribution is -2.32. The number of aryl methyl sites for hydroxylation is 1. The Hall–Kier alpha value is -2.37. The molecule has 1 heterocycles. The van der Waals surface area contributed by atoms with Crippen LogP contribution in [0.4, 0.5) is 9.18 Å². The molecule has 2 aromatic rings. The molecule has 124 valence electrons. The fourth-order valence-corrected chi connectivity index (χ4v) is 2.07. The third kappa shape index (κ3) is 5.39. The van der Waals surface area contributed by atoms with Gasteiger partial charge in [-0.1, -0.05) is 12.1 Å². The number of halogens is 1. The summed E-state index contributed by atoms with van der Waals surface area (Å²) in [5, 5.41) is 7.13. The Morgan fingerprint density at radius 3 is 2.57 bits per heavy atom. The molecule has 0 unspecified atom stereocenters. The molecule has 1 N–H and O–H groups in total. The van der Waals surface area contributed by atoms with Crippen LogP contribution in [0.3, 0.4) is 0 Å². The topological polar surface area (TPSA) is 56.2 Å². The number of amides is 1. The molecular formula is C17H22FN3O2. The highest BCUT2D eigenvalue weighted by Gasteiger charge is 2.16.